The van der Waals surface area contributed by atoms with Crippen LogP contribution in [0.5, 0.6) is 0 Å². The first-order valence-corrected chi connectivity index (χ1v) is 14.0. The molecule has 0 saturated heterocycles. The van der Waals surface area contributed by atoms with Gasteiger partial charge < -0.3 is 21.5 Å². The highest BCUT2D eigenvalue weighted by Crippen LogP contribution is 2.40. The van der Waals surface area contributed by atoms with Crippen molar-refractivity contribution < 1.29 is 21.2 Å². The number of pyridine rings is 2. The molecule has 2 aromatic heterocycles. The van der Waals surface area contributed by atoms with Gasteiger partial charge in [-0.15, -0.1) is 0 Å². The molecule has 0 atom stereocenters. The monoisotopic (exact) mass is 542 g/mol. The molecule has 0 radical (unpaired) electrons. The van der Waals surface area contributed by atoms with E-state index in [2.05, 4.69) is 31.4 Å². The highest BCUT2D eigenvalue weighted by molar-refractivity contribution is 7.90. The molecule has 3 aromatic rings. The fourth-order valence-corrected chi connectivity index (χ4v) is 5.30. The van der Waals surface area contributed by atoms with Crippen molar-refractivity contribution in [2.75, 3.05) is 23.8 Å². The Morgan fingerprint density at radius 2 is 1.92 bits per heavy atom. The second kappa shape index (κ2) is 13.0. The number of aromatic nitrogens is 2. The van der Waals surface area contributed by atoms with E-state index < -0.39 is 16.1 Å². The number of sulfonamides is 1. The van der Waals surface area contributed by atoms with Gasteiger partial charge in [-0.05, 0) is 78.9 Å². The van der Waals surface area contributed by atoms with E-state index in [0.717, 1.165) is 47.1 Å². The standard InChI is InChI=1S/C25H28N6O4S.C2H6.2H2/c1-16-13-17-3-2-4-21(17)24(23(16)18-6-9-27-19(14-18)5-8-26)30-25(33)31-36(34,35)20-7-10-28-22(15-20)29-11-12-32;1-2;;/h5-10,13-15,32H,2-4,11-12,26H2,1H3,(H,28,29)(H2,30,31,33);1-2H3;2*1H/b8-5-;;;. The normalized spacial score (nSPS) is 12.4. The van der Waals surface area contributed by atoms with Crippen molar-refractivity contribution in [1.82, 2.24) is 14.7 Å². The Bertz CT molecular complexity index is 1430. The summed E-state index contributed by atoms with van der Waals surface area (Å²) in [6, 6.07) is 7.55. The van der Waals surface area contributed by atoms with E-state index in [9.17, 15) is 13.2 Å². The van der Waals surface area contributed by atoms with Crippen LogP contribution in [0.25, 0.3) is 17.2 Å². The Kier molecular flexibility index (Phi) is 9.80. The number of aliphatic hydroxyl groups excluding tert-OH is 1. The molecule has 1 aliphatic rings. The minimum absolute atomic E-state index is 0. The van der Waals surface area contributed by atoms with E-state index >= 15 is 0 Å². The van der Waals surface area contributed by atoms with Crippen LogP contribution < -0.4 is 21.1 Å². The third kappa shape index (κ3) is 6.67. The number of rotatable bonds is 8. The van der Waals surface area contributed by atoms with Gasteiger partial charge in [-0.25, -0.2) is 22.9 Å². The molecule has 0 unspecified atom stereocenters. The second-order valence-electron chi connectivity index (χ2n) is 8.35. The van der Waals surface area contributed by atoms with E-state index in [4.69, 9.17) is 10.8 Å². The highest BCUT2D eigenvalue weighted by atomic mass is 32.2. The van der Waals surface area contributed by atoms with Gasteiger partial charge in [-0.3, -0.25) is 4.98 Å². The fourth-order valence-electron chi connectivity index (χ4n) is 4.38. The molecule has 2 amide bonds. The van der Waals surface area contributed by atoms with E-state index in [1.165, 1.54) is 24.5 Å². The van der Waals surface area contributed by atoms with E-state index in [1.54, 1.807) is 12.3 Å². The van der Waals surface area contributed by atoms with Crippen LogP contribution in [0, 0.1) is 6.92 Å². The van der Waals surface area contributed by atoms with Crippen LogP contribution in [-0.4, -0.2) is 42.7 Å². The predicted molar refractivity (Wildman–Crippen MR) is 154 cm³/mol. The minimum atomic E-state index is -4.18. The number of hydrogen-bond acceptors (Lipinski definition) is 8. The Hall–Kier alpha value is -3.96. The van der Waals surface area contributed by atoms with Gasteiger partial charge in [0.1, 0.15) is 5.82 Å². The number of fused-ring (bicyclic) bond motifs is 1. The van der Waals surface area contributed by atoms with Crippen molar-refractivity contribution >= 4 is 33.6 Å². The lowest BCUT2D eigenvalue weighted by Crippen LogP contribution is -2.35. The van der Waals surface area contributed by atoms with Crippen LogP contribution in [-0.2, 0) is 22.9 Å². The Balaban J connectivity index is 0.00000196. The van der Waals surface area contributed by atoms with Crippen LogP contribution in [0.4, 0.5) is 16.3 Å². The van der Waals surface area contributed by atoms with Crippen molar-refractivity contribution in [2.45, 2.75) is 44.9 Å². The third-order valence-electron chi connectivity index (χ3n) is 5.86. The lowest BCUT2D eigenvalue weighted by Gasteiger charge is -2.19. The molecule has 0 aliphatic heterocycles. The number of benzene rings is 1. The zero-order valence-corrected chi connectivity index (χ0v) is 22.6. The van der Waals surface area contributed by atoms with Crippen molar-refractivity contribution in [3.63, 3.8) is 0 Å². The SMILES string of the molecule is CC.Cc1cc2c(c(NC(=O)NS(=O)(=O)c3ccnc(NCCO)c3)c1-c1ccnc(/C=C\N)c1)CCC2.[HH].[HH]. The summed E-state index contributed by atoms with van der Waals surface area (Å²) in [5.74, 6) is 0.270. The quantitative estimate of drug-likeness (QED) is 0.282. The van der Waals surface area contributed by atoms with Crippen molar-refractivity contribution in [3.8, 4) is 11.1 Å². The van der Waals surface area contributed by atoms with Crippen LogP contribution in [0.1, 0.15) is 45.5 Å². The van der Waals surface area contributed by atoms with Gasteiger partial charge in [0, 0.05) is 33.4 Å². The molecule has 2 heterocycles. The van der Waals surface area contributed by atoms with E-state index in [0.29, 0.717) is 11.4 Å². The molecular formula is C27H38N6O4S. The molecule has 0 saturated carbocycles. The van der Waals surface area contributed by atoms with Gasteiger partial charge in [-0.1, -0.05) is 19.9 Å². The van der Waals surface area contributed by atoms with Crippen LogP contribution in [0.15, 0.2) is 53.8 Å². The number of anilines is 2. The molecule has 206 valence electrons. The smallest absolute Gasteiger partial charge is 0.333 e. The minimum Gasteiger partial charge on any atom is -0.405 e. The summed E-state index contributed by atoms with van der Waals surface area (Å²) in [6.45, 7) is 6.04. The average Bonchev–Trinajstić information content (AvgIpc) is 3.37. The summed E-state index contributed by atoms with van der Waals surface area (Å²) in [7, 11) is -4.18. The average molecular weight is 543 g/mol. The number of nitrogens with two attached hydrogens (primary N) is 1. The predicted octanol–water partition coefficient (Wildman–Crippen LogP) is 4.30. The highest BCUT2D eigenvalue weighted by Gasteiger charge is 2.25. The molecule has 6 N–H and O–H groups in total. The van der Waals surface area contributed by atoms with Crippen molar-refractivity contribution in [1.29, 1.82) is 0 Å². The van der Waals surface area contributed by atoms with Crippen LogP contribution >= 0.6 is 0 Å². The number of urea groups is 1. The Morgan fingerprint density at radius 1 is 1.16 bits per heavy atom. The molecule has 4 rings (SSSR count). The summed E-state index contributed by atoms with van der Waals surface area (Å²) in [4.78, 5) is 21.2. The number of amides is 2. The van der Waals surface area contributed by atoms with Crippen molar-refractivity contribution in [2.24, 2.45) is 5.73 Å². The Labute approximate surface area is 226 Å². The van der Waals surface area contributed by atoms with Gasteiger partial charge in [0.25, 0.3) is 10.0 Å². The number of hydrogen-bond donors (Lipinski definition) is 5. The summed E-state index contributed by atoms with van der Waals surface area (Å²) < 4.78 is 28.0. The first kappa shape index (κ1) is 28.6. The lowest BCUT2D eigenvalue weighted by molar-refractivity contribution is 0.256. The van der Waals surface area contributed by atoms with E-state index in [-0.39, 0.29) is 26.7 Å². The topological polar surface area (TPSA) is 159 Å². The van der Waals surface area contributed by atoms with Gasteiger partial charge in [0.15, 0.2) is 0 Å². The fraction of sp³-hybridized carbons (Fsp3) is 0.296. The maximum atomic E-state index is 13.0. The van der Waals surface area contributed by atoms with Crippen LogP contribution in [0.2, 0.25) is 0 Å². The number of aliphatic hydroxyl groups is 1. The number of nitrogens with zero attached hydrogens (tertiary/aromatic N) is 2. The molecule has 38 heavy (non-hydrogen) atoms. The maximum absolute atomic E-state index is 13.0. The zero-order chi connectivity index (χ0) is 27.7. The van der Waals surface area contributed by atoms with Gasteiger partial charge in [0.05, 0.1) is 22.9 Å². The van der Waals surface area contributed by atoms with Crippen molar-refractivity contribution in [3.05, 3.63) is 71.3 Å². The maximum Gasteiger partial charge on any atom is 0.333 e. The molecule has 1 aromatic carbocycles. The summed E-state index contributed by atoms with van der Waals surface area (Å²) in [6.07, 6.45) is 8.68. The van der Waals surface area contributed by atoms with Crippen LogP contribution in [0.3, 0.4) is 0 Å². The molecule has 0 bridgehead atoms. The first-order chi connectivity index (χ1) is 18.3. The summed E-state index contributed by atoms with van der Waals surface area (Å²) >= 11 is 0. The van der Waals surface area contributed by atoms with Gasteiger partial charge in [-0.2, -0.15) is 0 Å². The van der Waals surface area contributed by atoms with E-state index in [1.807, 2.05) is 32.9 Å². The molecule has 11 heteroatoms. The zero-order valence-electron chi connectivity index (χ0n) is 21.8. The second-order valence-corrected chi connectivity index (χ2v) is 10.0. The number of aryl methyl sites for hydroxylation is 2. The Morgan fingerprint density at radius 3 is 2.66 bits per heavy atom. The molecule has 10 nitrogen and oxygen atoms in total. The third-order valence-corrected chi connectivity index (χ3v) is 7.19. The number of carbonyl (C=O) groups is 1. The molecule has 1 aliphatic carbocycles. The molecule has 0 fully saturated rings. The van der Waals surface area contributed by atoms with Gasteiger partial charge in [0.2, 0.25) is 0 Å². The number of nitrogens with one attached hydrogen (secondary N) is 3. The molecular weight excluding hydrogens is 504 g/mol. The lowest BCUT2D eigenvalue weighted by atomic mass is 9.93. The summed E-state index contributed by atoms with van der Waals surface area (Å²) in [5.41, 5.74) is 11.5. The summed E-state index contributed by atoms with van der Waals surface area (Å²) in [5, 5.41) is 14.6. The first-order valence-electron chi connectivity index (χ1n) is 12.5. The largest absolute Gasteiger partial charge is 0.405 e. The van der Waals surface area contributed by atoms with Gasteiger partial charge >= 0.3 is 6.03 Å². The molecule has 0 spiro atoms. The number of carbonyl (C=O) groups excluding carboxylic acids is 1.